The molecule has 0 saturated heterocycles. The number of hydrogen-bond acceptors (Lipinski definition) is 3. The molecule has 1 unspecified atom stereocenters. The van der Waals surface area contributed by atoms with Gasteiger partial charge in [0.15, 0.2) is 0 Å². The highest BCUT2D eigenvalue weighted by atomic mass is 19.1. The van der Waals surface area contributed by atoms with Crippen LogP contribution in [0.15, 0.2) is 88.3 Å². The van der Waals surface area contributed by atoms with E-state index in [0.717, 1.165) is 38.0 Å². The van der Waals surface area contributed by atoms with Crippen molar-refractivity contribution in [3.05, 3.63) is 94.6 Å². The zero-order valence-electron chi connectivity index (χ0n) is 15.3. The molecular weight excluding hydrogens is 337 g/mol. The van der Waals surface area contributed by atoms with Gasteiger partial charge in [0.1, 0.15) is 5.82 Å². The Hall–Kier alpha value is -2.72. The number of nitrogens with one attached hydrogen (secondary N) is 2. The first kappa shape index (κ1) is 17.7. The number of allylic oxidation sites excluding steroid dienone is 7. The Bertz CT molecular complexity index is 887. The summed E-state index contributed by atoms with van der Waals surface area (Å²) in [5.41, 5.74) is 5.35. The topological polar surface area (TPSA) is 36.4 Å². The number of rotatable bonds is 2. The molecule has 0 bridgehead atoms. The largest absolute Gasteiger partial charge is 0.384 e. The highest BCUT2D eigenvalue weighted by molar-refractivity contribution is 5.60. The van der Waals surface area contributed by atoms with Gasteiger partial charge in [0.2, 0.25) is 0 Å². The van der Waals surface area contributed by atoms with E-state index in [1.807, 2.05) is 24.5 Å². The van der Waals surface area contributed by atoms with E-state index in [9.17, 15) is 4.39 Å². The highest BCUT2D eigenvalue weighted by Crippen LogP contribution is 2.33. The molecule has 0 aromatic heterocycles. The van der Waals surface area contributed by atoms with Gasteiger partial charge in [0.25, 0.3) is 0 Å². The fourth-order valence-electron chi connectivity index (χ4n) is 3.74. The second-order valence-electron chi connectivity index (χ2n) is 6.86. The van der Waals surface area contributed by atoms with Crippen LogP contribution in [-0.4, -0.2) is 19.3 Å². The van der Waals surface area contributed by atoms with Crippen LogP contribution in [0.4, 0.5) is 4.39 Å². The van der Waals surface area contributed by atoms with Gasteiger partial charge in [-0.3, -0.25) is 4.99 Å². The van der Waals surface area contributed by atoms with Crippen molar-refractivity contribution in [3.63, 3.8) is 0 Å². The quantitative estimate of drug-likeness (QED) is 0.813. The van der Waals surface area contributed by atoms with Gasteiger partial charge < -0.3 is 10.6 Å². The second kappa shape index (κ2) is 8.31. The van der Waals surface area contributed by atoms with E-state index >= 15 is 0 Å². The summed E-state index contributed by atoms with van der Waals surface area (Å²) in [7, 11) is 0. The van der Waals surface area contributed by atoms with Crippen LogP contribution in [0, 0.1) is 5.82 Å². The molecule has 1 atom stereocenters. The zero-order chi connectivity index (χ0) is 18.5. The van der Waals surface area contributed by atoms with Crippen molar-refractivity contribution in [1.82, 2.24) is 10.6 Å². The van der Waals surface area contributed by atoms with Gasteiger partial charge in [0, 0.05) is 36.8 Å². The van der Waals surface area contributed by atoms with E-state index < -0.39 is 0 Å². The second-order valence-corrected chi connectivity index (χ2v) is 6.86. The van der Waals surface area contributed by atoms with E-state index in [4.69, 9.17) is 0 Å². The molecule has 0 radical (unpaired) electrons. The Kier molecular flexibility index (Phi) is 5.45. The molecule has 3 nitrogen and oxygen atoms in total. The van der Waals surface area contributed by atoms with Gasteiger partial charge in [-0.05, 0) is 54.2 Å². The molecule has 2 aliphatic heterocycles. The van der Waals surface area contributed by atoms with Gasteiger partial charge in [-0.15, -0.1) is 0 Å². The number of aliphatic imine (C=N–C) groups is 1. The molecule has 2 N–H and O–H groups in total. The third-order valence-corrected chi connectivity index (χ3v) is 5.11. The molecule has 3 aliphatic rings. The van der Waals surface area contributed by atoms with Crippen LogP contribution in [0.2, 0.25) is 0 Å². The van der Waals surface area contributed by atoms with Gasteiger partial charge in [0.05, 0.1) is 6.04 Å². The molecule has 0 amide bonds. The Labute approximate surface area is 159 Å². The van der Waals surface area contributed by atoms with Crippen molar-refractivity contribution in [1.29, 1.82) is 0 Å². The first-order valence-corrected chi connectivity index (χ1v) is 9.54. The lowest BCUT2D eigenvalue weighted by Crippen LogP contribution is -2.26. The van der Waals surface area contributed by atoms with Crippen LogP contribution in [0.3, 0.4) is 0 Å². The summed E-state index contributed by atoms with van der Waals surface area (Å²) in [5, 5.41) is 7.01. The molecule has 0 saturated carbocycles. The lowest BCUT2D eigenvalue weighted by Gasteiger charge is -2.21. The number of halogens is 1. The molecule has 27 heavy (non-hydrogen) atoms. The Morgan fingerprint density at radius 2 is 1.85 bits per heavy atom. The SMILES string of the molecule is Fc1ccccc1C1NCCNC2=C1CC=C(C1=C/CCC=N/C=C\1)C=C2. The van der Waals surface area contributed by atoms with Gasteiger partial charge in [-0.25, -0.2) is 4.39 Å². The zero-order valence-corrected chi connectivity index (χ0v) is 15.3. The maximum atomic E-state index is 14.5. The van der Waals surface area contributed by atoms with Crippen LogP contribution in [0.5, 0.6) is 0 Å². The fraction of sp³-hybridized carbons (Fsp3) is 0.261. The highest BCUT2D eigenvalue weighted by Gasteiger charge is 2.24. The summed E-state index contributed by atoms with van der Waals surface area (Å²) >= 11 is 0. The fourth-order valence-corrected chi connectivity index (χ4v) is 3.74. The lowest BCUT2D eigenvalue weighted by molar-refractivity contribution is 0.548. The summed E-state index contributed by atoms with van der Waals surface area (Å²) < 4.78 is 14.5. The Balaban J connectivity index is 1.67. The van der Waals surface area contributed by atoms with Crippen LogP contribution >= 0.6 is 0 Å². The minimum atomic E-state index is -0.162. The predicted molar refractivity (Wildman–Crippen MR) is 109 cm³/mol. The van der Waals surface area contributed by atoms with Crippen molar-refractivity contribution >= 4 is 6.21 Å². The van der Waals surface area contributed by atoms with Crippen LogP contribution in [0.1, 0.15) is 30.9 Å². The third-order valence-electron chi connectivity index (χ3n) is 5.11. The third kappa shape index (κ3) is 4.01. The van der Waals surface area contributed by atoms with Crippen LogP contribution in [-0.2, 0) is 0 Å². The first-order chi connectivity index (χ1) is 13.3. The normalized spacial score (nSPS) is 25.7. The van der Waals surface area contributed by atoms with Gasteiger partial charge >= 0.3 is 0 Å². The Morgan fingerprint density at radius 1 is 0.963 bits per heavy atom. The molecule has 1 aromatic rings. The summed E-state index contributed by atoms with van der Waals surface area (Å²) in [4.78, 5) is 4.27. The monoisotopic (exact) mass is 361 g/mol. The van der Waals surface area contributed by atoms with E-state index in [-0.39, 0.29) is 11.9 Å². The van der Waals surface area contributed by atoms with Crippen molar-refractivity contribution in [3.8, 4) is 0 Å². The molecular formula is C23H24FN3. The number of hydrogen-bond donors (Lipinski definition) is 2. The van der Waals surface area contributed by atoms with Gasteiger partial charge in [-0.2, -0.15) is 0 Å². The summed E-state index contributed by atoms with van der Waals surface area (Å²) in [6.07, 6.45) is 17.3. The van der Waals surface area contributed by atoms with Crippen molar-refractivity contribution in [2.24, 2.45) is 4.99 Å². The summed E-state index contributed by atoms with van der Waals surface area (Å²) in [6, 6.07) is 6.93. The molecule has 1 aromatic carbocycles. The van der Waals surface area contributed by atoms with Gasteiger partial charge in [-0.1, -0.05) is 36.4 Å². The van der Waals surface area contributed by atoms with E-state index in [0.29, 0.717) is 5.56 Å². The summed E-state index contributed by atoms with van der Waals surface area (Å²) in [5.74, 6) is -0.162. The maximum Gasteiger partial charge on any atom is 0.128 e. The van der Waals surface area contributed by atoms with Crippen molar-refractivity contribution < 1.29 is 4.39 Å². The lowest BCUT2D eigenvalue weighted by atomic mass is 9.94. The van der Waals surface area contributed by atoms with Crippen molar-refractivity contribution in [2.45, 2.75) is 25.3 Å². The molecule has 4 heteroatoms. The van der Waals surface area contributed by atoms with E-state index in [2.05, 4.69) is 46.0 Å². The average Bonchev–Trinajstić information content (AvgIpc) is 2.97. The average molecular weight is 361 g/mol. The molecule has 0 fully saturated rings. The smallest absolute Gasteiger partial charge is 0.128 e. The van der Waals surface area contributed by atoms with Crippen molar-refractivity contribution in [2.75, 3.05) is 13.1 Å². The van der Waals surface area contributed by atoms with E-state index in [1.165, 1.54) is 22.8 Å². The summed E-state index contributed by atoms with van der Waals surface area (Å²) in [6.45, 7) is 1.61. The molecule has 1 aliphatic carbocycles. The molecule has 4 rings (SSSR count). The standard InChI is InChI=1S/C23H24FN3/c24-21-7-2-1-6-19(21)23-20-10-8-18(9-11-22(20)26-15-16-27-23)17-5-3-4-13-25-14-12-17/h1-2,5-9,11-14,23,26-27H,3-4,10,15-16H2/b14-12-,17-5+,25-13?. The number of nitrogens with zero attached hydrogens (tertiary/aromatic N) is 1. The predicted octanol–water partition coefficient (Wildman–Crippen LogP) is 4.50. The minimum Gasteiger partial charge on any atom is -0.384 e. The molecule has 138 valence electrons. The molecule has 2 heterocycles. The molecule has 0 spiro atoms. The van der Waals surface area contributed by atoms with Crippen LogP contribution in [0.25, 0.3) is 0 Å². The first-order valence-electron chi connectivity index (χ1n) is 9.54. The maximum absolute atomic E-state index is 14.5. The Morgan fingerprint density at radius 3 is 2.78 bits per heavy atom. The van der Waals surface area contributed by atoms with Crippen LogP contribution < -0.4 is 10.6 Å². The number of benzene rings is 1. The van der Waals surface area contributed by atoms with E-state index in [1.54, 1.807) is 6.07 Å². The minimum absolute atomic E-state index is 0.122.